The Hall–Kier alpha value is -3.02. The van der Waals surface area contributed by atoms with Gasteiger partial charge in [0.1, 0.15) is 11.8 Å². The van der Waals surface area contributed by atoms with Crippen LogP contribution >= 0.6 is 23.2 Å². The van der Waals surface area contributed by atoms with E-state index in [0.29, 0.717) is 27.8 Å². The van der Waals surface area contributed by atoms with E-state index in [2.05, 4.69) is 5.32 Å². The van der Waals surface area contributed by atoms with E-state index in [9.17, 15) is 9.59 Å². The van der Waals surface area contributed by atoms with Gasteiger partial charge < -0.3 is 15.0 Å². The Kier molecular flexibility index (Phi) is 9.63. The van der Waals surface area contributed by atoms with Gasteiger partial charge in [-0.1, -0.05) is 71.7 Å². The van der Waals surface area contributed by atoms with Gasteiger partial charge in [0.15, 0.2) is 6.61 Å². The molecule has 0 saturated carbocycles. The predicted octanol–water partition coefficient (Wildman–Crippen LogP) is 6.54. The van der Waals surface area contributed by atoms with Crippen molar-refractivity contribution in [3.63, 3.8) is 0 Å². The van der Waals surface area contributed by atoms with E-state index in [0.717, 1.165) is 16.7 Å². The predicted molar refractivity (Wildman–Crippen MR) is 150 cm³/mol. The average molecular weight is 542 g/mol. The molecule has 0 heterocycles. The van der Waals surface area contributed by atoms with Crippen LogP contribution in [-0.2, 0) is 22.6 Å². The lowest BCUT2D eigenvalue weighted by Gasteiger charge is -2.34. The summed E-state index contributed by atoms with van der Waals surface area (Å²) in [6.07, 6.45) is 0.336. The van der Waals surface area contributed by atoms with Gasteiger partial charge in [-0.15, -0.1) is 0 Å². The summed E-state index contributed by atoms with van der Waals surface area (Å²) in [7, 11) is 0. The first kappa shape index (κ1) is 28.5. The zero-order valence-electron chi connectivity index (χ0n) is 22.0. The zero-order valence-corrected chi connectivity index (χ0v) is 23.5. The molecule has 3 aromatic rings. The van der Waals surface area contributed by atoms with Crippen molar-refractivity contribution >= 4 is 35.0 Å². The van der Waals surface area contributed by atoms with Gasteiger partial charge in [-0.25, -0.2) is 0 Å². The van der Waals surface area contributed by atoms with Gasteiger partial charge in [0.2, 0.25) is 5.91 Å². The first-order valence-corrected chi connectivity index (χ1v) is 13.0. The molecule has 3 aromatic carbocycles. The summed E-state index contributed by atoms with van der Waals surface area (Å²) in [6.45, 7) is 9.59. The minimum atomic E-state index is -0.789. The van der Waals surface area contributed by atoms with Crippen LogP contribution in [0.5, 0.6) is 5.75 Å². The van der Waals surface area contributed by atoms with Crippen molar-refractivity contribution in [2.24, 2.45) is 0 Å². The molecule has 196 valence electrons. The minimum absolute atomic E-state index is 0.125. The van der Waals surface area contributed by atoms with E-state index in [1.807, 2.05) is 83.1 Å². The van der Waals surface area contributed by atoms with E-state index in [4.69, 9.17) is 27.9 Å². The van der Waals surface area contributed by atoms with E-state index in [1.165, 1.54) is 0 Å². The third-order valence-corrected chi connectivity index (χ3v) is 6.62. The number of hydrogen-bond acceptors (Lipinski definition) is 3. The molecule has 5 nitrogen and oxygen atoms in total. The number of carbonyl (C=O) groups excluding carboxylic acids is 2. The molecule has 0 aliphatic carbocycles. The van der Waals surface area contributed by atoms with Crippen LogP contribution < -0.4 is 10.1 Å². The monoisotopic (exact) mass is 540 g/mol. The first-order valence-electron chi connectivity index (χ1n) is 12.2. The number of halogens is 2. The maximum Gasteiger partial charge on any atom is 0.261 e. The van der Waals surface area contributed by atoms with E-state index >= 15 is 0 Å². The van der Waals surface area contributed by atoms with Crippen molar-refractivity contribution in [1.29, 1.82) is 0 Å². The molecular weight excluding hydrogens is 507 g/mol. The second-order valence-corrected chi connectivity index (χ2v) is 11.0. The molecular formula is C30H34Cl2N2O3. The Bertz CT molecular complexity index is 1240. The van der Waals surface area contributed by atoms with E-state index in [-0.39, 0.29) is 25.0 Å². The van der Waals surface area contributed by atoms with Gasteiger partial charge in [-0.2, -0.15) is 0 Å². The Morgan fingerprint density at radius 3 is 2.32 bits per heavy atom. The highest BCUT2D eigenvalue weighted by atomic mass is 35.5. The second-order valence-electron chi connectivity index (χ2n) is 10.2. The van der Waals surface area contributed by atoms with Crippen LogP contribution in [0.25, 0.3) is 0 Å². The number of rotatable bonds is 9. The van der Waals surface area contributed by atoms with Gasteiger partial charge in [0.25, 0.3) is 5.91 Å². The number of carbonyl (C=O) groups is 2. The summed E-state index contributed by atoms with van der Waals surface area (Å²) in [5.74, 6) is 0.0648. The van der Waals surface area contributed by atoms with Crippen molar-refractivity contribution in [3.8, 4) is 5.75 Å². The van der Waals surface area contributed by atoms with Crippen LogP contribution in [0, 0.1) is 13.8 Å². The van der Waals surface area contributed by atoms with Crippen LogP contribution in [0.15, 0.2) is 66.7 Å². The third kappa shape index (κ3) is 8.24. The molecule has 0 aromatic heterocycles. The van der Waals surface area contributed by atoms with Gasteiger partial charge >= 0.3 is 0 Å². The quantitative estimate of drug-likeness (QED) is 0.335. The molecule has 0 aliphatic rings. The number of nitrogens with zero attached hydrogens (tertiary/aromatic N) is 1. The molecule has 0 fully saturated rings. The van der Waals surface area contributed by atoms with Crippen molar-refractivity contribution in [2.75, 3.05) is 6.61 Å². The number of hydrogen-bond donors (Lipinski definition) is 1. The number of ether oxygens (including phenoxy) is 1. The molecule has 3 rings (SSSR count). The highest BCUT2D eigenvalue weighted by Gasteiger charge is 2.33. The molecule has 2 amide bonds. The van der Waals surface area contributed by atoms with Crippen molar-refractivity contribution in [2.45, 2.75) is 59.2 Å². The molecule has 1 N–H and O–H groups in total. The highest BCUT2D eigenvalue weighted by molar-refractivity contribution is 6.35. The molecule has 1 unspecified atom stereocenters. The fourth-order valence-corrected chi connectivity index (χ4v) is 4.41. The lowest BCUT2D eigenvalue weighted by molar-refractivity contribution is -0.143. The standard InChI is InChI=1S/C30H34Cl2N2O3/c1-20-10-9-13-27(21(20)2)37-19-28(35)34(18-23-14-15-24(31)17-25(23)32)26(29(36)33-30(3,4)5)16-22-11-7-6-8-12-22/h6-15,17,26H,16,18-19H2,1-5H3,(H,33,36). The van der Waals surface area contributed by atoms with Crippen LogP contribution in [0.3, 0.4) is 0 Å². The summed E-state index contributed by atoms with van der Waals surface area (Å²) >= 11 is 12.6. The third-order valence-electron chi connectivity index (χ3n) is 6.03. The van der Waals surface area contributed by atoms with Crippen molar-refractivity contribution in [3.05, 3.63) is 99.0 Å². The second kappa shape index (κ2) is 12.5. The Labute approximate surface area is 229 Å². The van der Waals surface area contributed by atoms with Crippen LogP contribution in [0.4, 0.5) is 0 Å². The number of nitrogens with one attached hydrogen (secondary N) is 1. The van der Waals surface area contributed by atoms with Gasteiger partial charge in [0.05, 0.1) is 0 Å². The summed E-state index contributed by atoms with van der Waals surface area (Å²) in [5.41, 5.74) is 3.18. The smallest absolute Gasteiger partial charge is 0.261 e. The Morgan fingerprint density at radius 2 is 1.68 bits per heavy atom. The molecule has 1 atom stereocenters. The summed E-state index contributed by atoms with van der Waals surface area (Å²) in [5, 5.41) is 3.97. The molecule has 0 radical (unpaired) electrons. The average Bonchev–Trinajstić information content (AvgIpc) is 2.83. The van der Waals surface area contributed by atoms with Gasteiger partial charge in [0, 0.05) is 28.5 Å². The SMILES string of the molecule is Cc1cccc(OCC(=O)N(Cc2ccc(Cl)cc2Cl)C(Cc2ccccc2)C(=O)NC(C)(C)C)c1C. The lowest BCUT2D eigenvalue weighted by Crippen LogP contribution is -2.55. The molecule has 0 bridgehead atoms. The zero-order chi connectivity index (χ0) is 27.2. The summed E-state index contributed by atoms with van der Waals surface area (Å²) in [6, 6.07) is 19.7. The van der Waals surface area contributed by atoms with E-state index < -0.39 is 11.6 Å². The van der Waals surface area contributed by atoms with Gasteiger partial charge in [-0.3, -0.25) is 9.59 Å². The fourth-order valence-electron chi connectivity index (χ4n) is 3.94. The topological polar surface area (TPSA) is 58.6 Å². The van der Waals surface area contributed by atoms with Crippen LogP contribution in [0.1, 0.15) is 43.0 Å². The lowest BCUT2D eigenvalue weighted by atomic mass is 10.0. The molecule has 0 spiro atoms. The Balaban J connectivity index is 1.98. The highest BCUT2D eigenvalue weighted by Crippen LogP contribution is 2.25. The van der Waals surface area contributed by atoms with Crippen LogP contribution in [-0.4, -0.2) is 34.9 Å². The largest absolute Gasteiger partial charge is 0.483 e. The number of aryl methyl sites for hydroxylation is 1. The number of amides is 2. The van der Waals surface area contributed by atoms with Crippen molar-refractivity contribution in [1.82, 2.24) is 10.2 Å². The molecule has 0 saturated heterocycles. The maximum absolute atomic E-state index is 13.7. The fraction of sp³-hybridized carbons (Fsp3) is 0.333. The minimum Gasteiger partial charge on any atom is -0.483 e. The summed E-state index contributed by atoms with van der Waals surface area (Å²) in [4.78, 5) is 28.9. The van der Waals surface area contributed by atoms with Gasteiger partial charge in [-0.05, 0) is 75.1 Å². The number of benzene rings is 3. The molecule has 7 heteroatoms. The van der Waals surface area contributed by atoms with E-state index in [1.54, 1.807) is 23.1 Å². The Morgan fingerprint density at radius 1 is 0.973 bits per heavy atom. The maximum atomic E-state index is 13.7. The first-order chi connectivity index (χ1) is 17.4. The molecule has 37 heavy (non-hydrogen) atoms. The van der Waals surface area contributed by atoms with Crippen molar-refractivity contribution < 1.29 is 14.3 Å². The van der Waals surface area contributed by atoms with Crippen LogP contribution in [0.2, 0.25) is 10.0 Å². The molecule has 0 aliphatic heterocycles. The normalized spacial score (nSPS) is 12.1. The summed E-state index contributed by atoms with van der Waals surface area (Å²) < 4.78 is 5.95.